The quantitative estimate of drug-likeness (QED) is 0.373. The van der Waals surface area contributed by atoms with Crippen molar-refractivity contribution < 1.29 is 4.52 Å². The highest BCUT2D eigenvalue weighted by Gasteiger charge is 2.22. The average molecular weight is 396 g/mol. The Balaban J connectivity index is 1.70. The first-order chi connectivity index (χ1) is 13.3. The van der Waals surface area contributed by atoms with Crippen molar-refractivity contribution >= 4 is 33.3 Å². The fourth-order valence-corrected chi connectivity index (χ4v) is 5.75. The Hall–Kier alpha value is -2.38. The van der Waals surface area contributed by atoms with Gasteiger partial charge in [0.2, 0.25) is 0 Å². The summed E-state index contributed by atoms with van der Waals surface area (Å²) in [6.45, 7) is 0. The summed E-state index contributed by atoms with van der Waals surface area (Å²) in [4.78, 5) is 20.6. The average Bonchev–Trinajstić information content (AvgIpc) is 3.34. The van der Waals surface area contributed by atoms with Crippen LogP contribution >= 0.6 is 23.1 Å². The molecule has 0 atom stereocenters. The number of thiophene rings is 1. The summed E-state index contributed by atoms with van der Waals surface area (Å²) in [7, 11) is 0. The number of nitrogens with zero attached hydrogens (tertiary/aromatic N) is 3. The molecule has 0 N–H and O–H groups in total. The van der Waals surface area contributed by atoms with Gasteiger partial charge in [0.25, 0.3) is 5.56 Å². The number of fused-ring (bicyclic) bond motifs is 3. The normalized spacial score (nSPS) is 13.8. The molecule has 1 aliphatic rings. The molecule has 5 nitrogen and oxygen atoms in total. The number of aryl methyl sites for hydroxylation is 2. The topological polar surface area (TPSA) is 60.9 Å². The van der Waals surface area contributed by atoms with Gasteiger partial charge in [0.15, 0.2) is 5.16 Å². The molecule has 0 amide bonds. The van der Waals surface area contributed by atoms with Crippen LogP contribution in [0.15, 0.2) is 57.1 Å². The minimum Gasteiger partial charge on any atom is -0.364 e. The zero-order chi connectivity index (χ0) is 18.2. The van der Waals surface area contributed by atoms with E-state index in [0.29, 0.717) is 10.9 Å². The van der Waals surface area contributed by atoms with E-state index >= 15 is 0 Å². The zero-order valence-corrected chi connectivity index (χ0v) is 16.2. The number of benzene rings is 1. The standard InChI is InChI=1S/C20H17N3O2S2/c24-19-17-15-8-4-5-9-16(15)27-18(17)21-20(26-12-13-10-11-25-22-13)23(19)14-6-2-1-3-7-14/h1-3,6-7,10-11H,4-5,8-9,12H2. The van der Waals surface area contributed by atoms with Crippen LogP contribution in [0.3, 0.4) is 0 Å². The van der Waals surface area contributed by atoms with Crippen molar-refractivity contribution in [2.45, 2.75) is 36.6 Å². The molecular formula is C20H17N3O2S2. The second-order valence-corrected chi connectivity index (χ2v) is 8.57. The van der Waals surface area contributed by atoms with E-state index in [1.54, 1.807) is 22.2 Å². The fraction of sp³-hybridized carbons (Fsp3) is 0.250. The molecule has 0 saturated heterocycles. The predicted molar refractivity (Wildman–Crippen MR) is 108 cm³/mol. The Bertz CT molecular complexity index is 1150. The fourth-order valence-electron chi connectivity index (χ4n) is 3.54. The molecule has 7 heteroatoms. The molecule has 3 heterocycles. The van der Waals surface area contributed by atoms with E-state index in [4.69, 9.17) is 9.51 Å². The van der Waals surface area contributed by atoms with Gasteiger partial charge in [-0.25, -0.2) is 4.98 Å². The number of para-hydroxylation sites is 1. The third-order valence-corrected chi connectivity index (χ3v) is 6.97. The van der Waals surface area contributed by atoms with Crippen LogP contribution in [-0.2, 0) is 18.6 Å². The lowest BCUT2D eigenvalue weighted by Gasteiger charge is -2.13. The van der Waals surface area contributed by atoms with Crippen molar-refractivity contribution in [3.8, 4) is 5.69 Å². The molecule has 136 valence electrons. The Morgan fingerprint density at radius 2 is 2.00 bits per heavy atom. The minimum atomic E-state index is 0.0354. The maximum absolute atomic E-state index is 13.5. The summed E-state index contributed by atoms with van der Waals surface area (Å²) in [6.07, 6.45) is 5.94. The maximum atomic E-state index is 13.5. The first-order valence-electron chi connectivity index (χ1n) is 8.96. The summed E-state index contributed by atoms with van der Waals surface area (Å²) in [5, 5.41) is 5.47. The zero-order valence-electron chi connectivity index (χ0n) is 14.6. The molecule has 1 aliphatic carbocycles. The minimum absolute atomic E-state index is 0.0354. The third-order valence-electron chi connectivity index (χ3n) is 4.81. The second kappa shape index (κ2) is 6.98. The smallest absolute Gasteiger partial charge is 0.267 e. The number of rotatable bonds is 4. The lowest BCUT2D eigenvalue weighted by Crippen LogP contribution is -2.22. The first kappa shape index (κ1) is 16.8. The van der Waals surface area contributed by atoms with Crippen LogP contribution in [0.25, 0.3) is 15.9 Å². The second-order valence-electron chi connectivity index (χ2n) is 6.54. The van der Waals surface area contributed by atoms with Crippen LogP contribution in [0.4, 0.5) is 0 Å². The van der Waals surface area contributed by atoms with Crippen LogP contribution in [0.1, 0.15) is 29.0 Å². The molecule has 4 aromatic rings. The largest absolute Gasteiger partial charge is 0.364 e. The van der Waals surface area contributed by atoms with E-state index < -0.39 is 0 Å². The molecular weight excluding hydrogens is 378 g/mol. The van der Waals surface area contributed by atoms with Gasteiger partial charge in [0.05, 0.1) is 16.8 Å². The van der Waals surface area contributed by atoms with Crippen molar-refractivity contribution in [2.75, 3.05) is 0 Å². The molecule has 0 radical (unpaired) electrons. The van der Waals surface area contributed by atoms with Gasteiger partial charge in [-0.3, -0.25) is 9.36 Å². The Morgan fingerprint density at radius 3 is 2.81 bits per heavy atom. The molecule has 0 unspecified atom stereocenters. The van der Waals surface area contributed by atoms with E-state index in [1.807, 2.05) is 36.4 Å². The predicted octanol–water partition coefficient (Wildman–Crippen LogP) is 4.61. The Morgan fingerprint density at radius 1 is 1.15 bits per heavy atom. The molecule has 3 aromatic heterocycles. The lowest BCUT2D eigenvalue weighted by atomic mass is 9.97. The first-order valence-corrected chi connectivity index (χ1v) is 10.8. The van der Waals surface area contributed by atoms with Gasteiger partial charge in [0.1, 0.15) is 11.1 Å². The number of aromatic nitrogens is 3. The summed E-state index contributed by atoms with van der Waals surface area (Å²) >= 11 is 3.19. The van der Waals surface area contributed by atoms with E-state index in [0.717, 1.165) is 40.9 Å². The number of hydrogen-bond acceptors (Lipinski definition) is 6. The SMILES string of the molecule is O=c1c2c3c(sc2nc(SCc2ccon2)n1-c1ccccc1)CCCC3. The molecule has 0 aliphatic heterocycles. The van der Waals surface area contributed by atoms with Crippen LogP contribution < -0.4 is 5.56 Å². The highest BCUT2D eigenvalue weighted by Crippen LogP contribution is 2.35. The van der Waals surface area contributed by atoms with Crippen molar-refractivity contribution in [3.05, 3.63) is 69.1 Å². The number of thioether (sulfide) groups is 1. The summed E-state index contributed by atoms with van der Waals surface area (Å²) in [5.41, 5.74) is 2.93. The van der Waals surface area contributed by atoms with Crippen LogP contribution in [0.5, 0.6) is 0 Å². The van der Waals surface area contributed by atoms with E-state index in [-0.39, 0.29) is 5.56 Å². The molecule has 0 saturated carbocycles. The molecule has 27 heavy (non-hydrogen) atoms. The van der Waals surface area contributed by atoms with Gasteiger partial charge in [-0.2, -0.15) is 0 Å². The summed E-state index contributed by atoms with van der Waals surface area (Å²) in [5.74, 6) is 0.604. The molecule has 0 bridgehead atoms. The monoisotopic (exact) mass is 395 g/mol. The highest BCUT2D eigenvalue weighted by atomic mass is 32.2. The third kappa shape index (κ3) is 3.00. The van der Waals surface area contributed by atoms with Gasteiger partial charge in [-0.15, -0.1) is 11.3 Å². The maximum Gasteiger partial charge on any atom is 0.267 e. The molecule has 1 aromatic carbocycles. The van der Waals surface area contributed by atoms with Crippen molar-refractivity contribution in [1.82, 2.24) is 14.7 Å². The lowest BCUT2D eigenvalue weighted by molar-refractivity contribution is 0.414. The highest BCUT2D eigenvalue weighted by molar-refractivity contribution is 7.98. The summed E-state index contributed by atoms with van der Waals surface area (Å²) < 4.78 is 6.66. The van der Waals surface area contributed by atoms with Crippen molar-refractivity contribution in [1.29, 1.82) is 0 Å². The van der Waals surface area contributed by atoms with Crippen LogP contribution in [0, 0.1) is 0 Å². The molecule has 0 fully saturated rings. The molecule has 5 rings (SSSR count). The van der Waals surface area contributed by atoms with E-state index in [9.17, 15) is 4.79 Å². The summed E-state index contributed by atoms with van der Waals surface area (Å²) in [6, 6.07) is 11.6. The molecule has 0 spiro atoms. The van der Waals surface area contributed by atoms with Gasteiger partial charge in [-0.05, 0) is 43.4 Å². The van der Waals surface area contributed by atoms with Crippen molar-refractivity contribution in [2.24, 2.45) is 0 Å². The Kier molecular flexibility index (Phi) is 4.33. The Labute approximate surface area is 164 Å². The number of hydrogen-bond donors (Lipinski definition) is 0. The van der Waals surface area contributed by atoms with E-state index in [1.165, 1.54) is 28.6 Å². The van der Waals surface area contributed by atoms with Gasteiger partial charge >= 0.3 is 0 Å². The van der Waals surface area contributed by atoms with E-state index in [2.05, 4.69) is 5.16 Å². The van der Waals surface area contributed by atoms with Crippen molar-refractivity contribution in [3.63, 3.8) is 0 Å². The van der Waals surface area contributed by atoms with Gasteiger partial charge < -0.3 is 4.52 Å². The van der Waals surface area contributed by atoms with Crippen LogP contribution in [-0.4, -0.2) is 14.7 Å². The van der Waals surface area contributed by atoms with Gasteiger partial charge in [-0.1, -0.05) is 35.1 Å². The van der Waals surface area contributed by atoms with Crippen LogP contribution in [0.2, 0.25) is 0 Å². The van der Waals surface area contributed by atoms with Gasteiger partial charge in [0, 0.05) is 16.7 Å².